The highest BCUT2D eigenvalue weighted by Crippen LogP contribution is 2.42. The molecule has 3 aromatic heterocycles. The molecule has 0 aromatic carbocycles. The molecule has 0 saturated carbocycles. The topological polar surface area (TPSA) is 113 Å². The molecule has 2 aliphatic rings. The lowest BCUT2D eigenvalue weighted by Gasteiger charge is -2.20. The molecule has 2 aliphatic heterocycles. The predicted molar refractivity (Wildman–Crippen MR) is 98.1 cm³/mol. The fourth-order valence-corrected chi connectivity index (χ4v) is 4.25. The van der Waals surface area contributed by atoms with E-state index in [-0.39, 0.29) is 22.6 Å². The third kappa shape index (κ3) is 2.79. The van der Waals surface area contributed by atoms with Gasteiger partial charge in [0, 0.05) is 6.20 Å². The van der Waals surface area contributed by atoms with Crippen molar-refractivity contribution in [2.75, 3.05) is 6.61 Å². The van der Waals surface area contributed by atoms with Crippen LogP contribution in [0.4, 0.5) is 0 Å². The molecule has 2 unspecified atom stereocenters. The van der Waals surface area contributed by atoms with E-state index in [1.54, 1.807) is 9.25 Å². The van der Waals surface area contributed by atoms with Crippen molar-refractivity contribution >= 4 is 34.4 Å². The van der Waals surface area contributed by atoms with Crippen LogP contribution < -0.4 is 0 Å². The van der Waals surface area contributed by atoms with E-state index >= 15 is 0 Å². The van der Waals surface area contributed by atoms with Gasteiger partial charge in [0.05, 0.1) is 18.6 Å². The smallest absolute Gasteiger partial charge is 0.225 e. The van der Waals surface area contributed by atoms with E-state index in [0.717, 1.165) is 18.5 Å². The summed E-state index contributed by atoms with van der Waals surface area (Å²) in [7, 11) is 0. The van der Waals surface area contributed by atoms with Crippen molar-refractivity contribution in [3.8, 4) is 0 Å². The zero-order chi connectivity index (χ0) is 19.4. The van der Waals surface area contributed by atoms with Gasteiger partial charge < -0.3 is 14.6 Å². The Hall–Kier alpha value is -1.85. The number of nitrogens with zero attached hydrogens (tertiary/aromatic N) is 7. The maximum absolute atomic E-state index is 10.8. The number of aromatic nitrogens is 7. The first-order valence-electron chi connectivity index (χ1n) is 8.98. The van der Waals surface area contributed by atoms with Gasteiger partial charge in [-0.05, 0) is 18.0 Å². The summed E-state index contributed by atoms with van der Waals surface area (Å²) in [6, 6.07) is -0.181. The van der Waals surface area contributed by atoms with Crippen molar-refractivity contribution in [1.29, 1.82) is 0 Å². The molecule has 2 saturated heterocycles. The lowest BCUT2D eigenvalue weighted by molar-refractivity contribution is -0.0589. The minimum Gasteiger partial charge on any atom is -0.386 e. The highest BCUT2D eigenvalue weighted by atomic mass is 35.5. The van der Waals surface area contributed by atoms with Crippen LogP contribution in [0, 0.1) is 0 Å². The maximum atomic E-state index is 10.8. The van der Waals surface area contributed by atoms with Crippen LogP contribution in [-0.4, -0.2) is 64.5 Å². The highest BCUT2D eigenvalue weighted by molar-refractivity contribution is 6.35. The van der Waals surface area contributed by atoms with Crippen LogP contribution in [-0.2, 0) is 15.9 Å². The van der Waals surface area contributed by atoms with Gasteiger partial charge in [0.15, 0.2) is 17.0 Å². The average molecular weight is 426 g/mol. The summed E-state index contributed by atoms with van der Waals surface area (Å²) in [5.41, 5.74) is 1.69. The van der Waals surface area contributed by atoms with Gasteiger partial charge in [0.2, 0.25) is 5.28 Å². The summed E-state index contributed by atoms with van der Waals surface area (Å²) >= 11 is 12.0. The van der Waals surface area contributed by atoms with Crippen LogP contribution in [0.1, 0.15) is 31.3 Å². The Labute approximate surface area is 169 Å². The van der Waals surface area contributed by atoms with Gasteiger partial charge in [-0.2, -0.15) is 4.98 Å². The van der Waals surface area contributed by atoms with Gasteiger partial charge in [-0.15, -0.1) is 5.10 Å². The first kappa shape index (κ1) is 18.2. The molecule has 0 amide bonds. The first-order valence-corrected chi connectivity index (χ1v) is 9.74. The minimum atomic E-state index is -0.918. The number of fused-ring (bicyclic) bond motifs is 2. The number of hydrogen-bond donors (Lipinski definition) is 1. The monoisotopic (exact) mass is 425 g/mol. The van der Waals surface area contributed by atoms with E-state index in [2.05, 4.69) is 32.2 Å². The van der Waals surface area contributed by atoms with E-state index in [4.69, 9.17) is 32.7 Å². The molecule has 10 nitrogen and oxygen atoms in total. The third-order valence-electron chi connectivity index (χ3n) is 5.12. The van der Waals surface area contributed by atoms with E-state index < -0.39 is 18.4 Å². The van der Waals surface area contributed by atoms with Crippen molar-refractivity contribution in [3.05, 3.63) is 28.7 Å². The molecule has 0 spiro atoms. The summed E-state index contributed by atoms with van der Waals surface area (Å²) in [6.07, 6.45) is 2.70. The molecule has 5 heterocycles. The molecule has 0 aliphatic carbocycles. The van der Waals surface area contributed by atoms with Crippen LogP contribution in [0.25, 0.3) is 11.2 Å². The molecule has 2 fully saturated rings. The SMILES string of the molecule is CCCc1cn([C@H]2COC3C2O[C@@H](n2cnc4c(Cl)nc(Cl)nc42)[C@@H]3O)nn1. The zero-order valence-corrected chi connectivity index (χ0v) is 16.3. The minimum absolute atomic E-state index is 0.00729. The molecular formula is C16H17Cl2N7O3. The second-order valence-electron chi connectivity index (χ2n) is 6.89. The third-order valence-corrected chi connectivity index (χ3v) is 5.55. The van der Waals surface area contributed by atoms with Gasteiger partial charge in [-0.1, -0.05) is 30.2 Å². The van der Waals surface area contributed by atoms with E-state index in [1.807, 2.05) is 6.20 Å². The summed E-state index contributed by atoms with van der Waals surface area (Å²) in [6.45, 7) is 2.48. The quantitative estimate of drug-likeness (QED) is 0.494. The predicted octanol–water partition coefficient (Wildman–Crippen LogP) is 1.58. The summed E-state index contributed by atoms with van der Waals surface area (Å²) in [5.74, 6) is 0. The van der Waals surface area contributed by atoms with Crippen molar-refractivity contribution in [2.24, 2.45) is 0 Å². The zero-order valence-electron chi connectivity index (χ0n) is 14.8. The van der Waals surface area contributed by atoms with Crippen molar-refractivity contribution < 1.29 is 14.6 Å². The first-order chi connectivity index (χ1) is 13.6. The number of rotatable bonds is 4. The van der Waals surface area contributed by atoms with Crippen molar-refractivity contribution in [3.63, 3.8) is 0 Å². The van der Waals surface area contributed by atoms with Gasteiger partial charge >= 0.3 is 0 Å². The van der Waals surface area contributed by atoms with Crippen LogP contribution >= 0.6 is 23.2 Å². The molecule has 12 heteroatoms. The van der Waals surface area contributed by atoms with Gasteiger partial charge in [-0.3, -0.25) is 4.57 Å². The van der Waals surface area contributed by atoms with Crippen molar-refractivity contribution in [1.82, 2.24) is 34.5 Å². The Bertz CT molecular complexity index is 1030. The summed E-state index contributed by atoms with van der Waals surface area (Å²) in [4.78, 5) is 12.3. The van der Waals surface area contributed by atoms with Gasteiger partial charge in [0.25, 0.3) is 0 Å². The van der Waals surface area contributed by atoms with Crippen LogP contribution in [0.3, 0.4) is 0 Å². The highest BCUT2D eigenvalue weighted by Gasteiger charge is 2.54. The number of hydrogen-bond acceptors (Lipinski definition) is 8. The number of aliphatic hydroxyl groups is 1. The number of aliphatic hydroxyl groups excluding tert-OH is 1. The van der Waals surface area contributed by atoms with Gasteiger partial charge in [-0.25, -0.2) is 14.6 Å². The molecule has 1 N–H and O–H groups in total. The Kier molecular flexibility index (Phi) is 4.48. The molecule has 28 heavy (non-hydrogen) atoms. The largest absolute Gasteiger partial charge is 0.386 e. The van der Waals surface area contributed by atoms with Crippen molar-refractivity contribution in [2.45, 2.75) is 50.3 Å². The van der Waals surface area contributed by atoms with E-state index in [1.165, 1.54) is 6.33 Å². The molecule has 5 atom stereocenters. The Morgan fingerprint density at radius 3 is 2.96 bits per heavy atom. The molecular weight excluding hydrogens is 409 g/mol. The number of ether oxygens (including phenoxy) is 2. The lowest BCUT2D eigenvalue weighted by atomic mass is 10.1. The average Bonchev–Trinajstić information content (AvgIpc) is 3.40. The summed E-state index contributed by atoms with van der Waals surface area (Å²) < 4.78 is 15.4. The Morgan fingerprint density at radius 2 is 2.14 bits per heavy atom. The second-order valence-corrected chi connectivity index (χ2v) is 7.59. The standard InChI is InChI=1S/C16H17Cl2N7O3/c1-2-3-7-4-25(23-22-7)8-5-27-12-10(26)15(28-11(8)12)24-6-19-9-13(17)20-16(18)21-14(9)24/h4,6,8,10-12,15,26H,2-3,5H2,1H3/t8-,10+,11?,12?,15+/m0/s1. The van der Waals surface area contributed by atoms with Crippen LogP contribution in [0.5, 0.6) is 0 Å². The number of aryl methyl sites for hydroxylation is 1. The van der Waals surface area contributed by atoms with Gasteiger partial charge in [0.1, 0.15) is 29.9 Å². The van der Waals surface area contributed by atoms with Crippen LogP contribution in [0.2, 0.25) is 10.4 Å². The fraction of sp³-hybridized carbons (Fsp3) is 0.562. The van der Waals surface area contributed by atoms with E-state index in [9.17, 15) is 5.11 Å². The lowest BCUT2D eigenvalue weighted by Crippen LogP contribution is -2.31. The van der Waals surface area contributed by atoms with E-state index in [0.29, 0.717) is 17.8 Å². The molecule has 3 aromatic rings. The second kappa shape index (κ2) is 6.89. The molecule has 148 valence electrons. The number of imidazole rings is 1. The molecule has 0 radical (unpaired) electrons. The fourth-order valence-electron chi connectivity index (χ4n) is 3.83. The number of halogens is 2. The summed E-state index contributed by atoms with van der Waals surface area (Å²) in [5, 5.41) is 19.4. The molecule has 5 rings (SSSR count). The normalized spacial score (nSPS) is 29.6. The maximum Gasteiger partial charge on any atom is 0.225 e. The Morgan fingerprint density at radius 1 is 1.29 bits per heavy atom. The Balaban J connectivity index is 1.45. The van der Waals surface area contributed by atoms with Crippen LogP contribution in [0.15, 0.2) is 12.5 Å². The molecule has 0 bridgehead atoms.